The van der Waals surface area contributed by atoms with Gasteiger partial charge in [-0.15, -0.1) is 0 Å². The second-order valence-corrected chi connectivity index (χ2v) is 10.9. The third-order valence-electron chi connectivity index (χ3n) is 8.38. The number of hydrogen-bond acceptors (Lipinski definition) is 5. The van der Waals surface area contributed by atoms with Gasteiger partial charge in [0.05, 0.1) is 31.0 Å². The zero-order valence-corrected chi connectivity index (χ0v) is 22.8. The summed E-state index contributed by atoms with van der Waals surface area (Å²) in [4.78, 5) is 3.13. The summed E-state index contributed by atoms with van der Waals surface area (Å²) >= 11 is 0. The van der Waals surface area contributed by atoms with Gasteiger partial charge in [0.1, 0.15) is 11.5 Å². The number of methoxy groups -OCH3 is 2. The second-order valence-electron chi connectivity index (χ2n) is 10.9. The van der Waals surface area contributed by atoms with E-state index in [0.717, 1.165) is 63.3 Å². The molecule has 5 aromatic rings. The average Bonchev–Trinajstić information content (AvgIpc) is 3.60. The molecule has 0 saturated heterocycles. The first-order valence-electron chi connectivity index (χ1n) is 13.4. The predicted molar refractivity (Wildman–Crippen MR) is 155 cm³/mol. The summed E-state index contributed by atoms with van der Waals surface area (Å²) in [6, 6.07) is 12.4. The lowest BCUT2D eigenvalue weighted by atomic mass is 9.77. The van der Waals surface area contributed by atoms with Crippen molar-refractivity contribution in [2.75, 3.05) is 19.5 Å². The van der Waals surface area contributed by atoms with Crippen molar-refractivity contribution in [1.29, 1.82) is 0 Å². The van der Waals surface area contributed by atoms with E-state index in [9.17, 15) is 5.11 Å². The van der Waals surface area contributed by atoms with Crippen LogP contribution in [0.3, 0.4) is 0 Å². The Morgan fingerprint density at radius 2 is 1.90 bits per heavy atom. The molecule has 0 fully saturated rings. The second kappa shape index (κ2) is 8.56. The van der Waals surface area contributed by atoms with Gasteiger partial charge in [0.2, 0.25) is 0 Å². The summed E-state index contributed by atoms with van der Waals surface area (Å²) in [7, 11) is 5.31. The molecule has 3 aromatic carbocycles. The molecular formula is C32H32N4O3. The largest absolute Gasteiger partial charge is 0.497 e. The number of anilines is 2. The Hall–Kier alpha value is -4.39. The summed E-state index contributed by atoms with van der Waals surface area (Å²) < 4.78 is 13.0. The smallest absolute Gasteiger partial charge is 0.197 e. The van der Waals surface area contributed by atoms with E-state index in [1.807, 2.05) is 36.1 Å². The van der Waals surface area contributed by atoms with Gasteiger partial charge in [-0.25, -0.2) is 0 Å². The number of hydrogen-bond donors (Lipinski definition) is 3. The van der Waals surface area contributed by atoms with Gasteiger partial charge in [-0.05, 0) is 70.8 Å². The van der Waals surface area contributed by atoms with E-state index in [0.29, 0.717) is 5.92 Å². The average molecular weight is 521 g/mol. The van der Waals surface area contributed by atoms with E-state index < -0.39 is 0 Å². The molecule has 2 aromatic heterocycles. The minimum atomic E-state index is 0.214. The molecule has 2 aliphatic rings. The van der Waals surface area contributed by atoms with Gasteiger partial charge >= 0.3 is 0 Å². The highest BCUT2D eigenvalue weighted by molar-refractivity contribution is 6.13. The fourth-order valence-electron chi connectivity index (χ4n) is 6.84. The number of H-pyrrole nitrogens is 1. The Bertz CT molecular complexity index is 1780. The van der Waals surface area contributed by atoms with Crippen LogP contribution in [0.1, 0.15) is 42.1 Å². The molecule has 2 aliphatic carbocycles. The van der Waals surface area contributed by atoms with E-state index in [4.69, 9.17) is 14.6 Å². The predicted octanol–water partition coefficient (Wildman–Crippen LogP) is 6.90. The molecule has 39 heavy (non-hydrogen) atoms. The number of aromatic nitrogens is 3. The number of aromatic hydroxyl groups is 1. The summed E-state index contributed by atoms with van der Waals surface area (Å²) in [6.45, 7) is 4.61. The third kappa shape index (κ3) is 3.38. The molecule has 0 bridgehead atoms. The summed E-state index contributed by atoms with van der Waals surface area (Å²) in [6.07, 6.45) is 5.87. The number of nitrogens with zero attached hydrogens (tertiary/aromatic N) is 2. The molecule has 1 atom stereocenters. The Labute approximate surface area is 227 Å². The van der Waals surface area contributed by atoms with Crippen LogP contribution in [0, 0.1) is 5.92 Å². The molecule has 0 saturated carbocycles. The highest BCUT2D eigenvalue weighted by atomic mass is 16.5. The molecule has 1 unspecified atom stereocenters. The highest BCUT2D eigenvalue weighted by Gasteiger charge is 2.39. The van der Waals surface area contributed by atoms with Crippen molar-refractivity contribution in [2.45, 2.75) is 32.6 Å². The topological polar surface area (TPSA) is 84.3 Å². The molecule has 7 rings (SSSR count). The maximum Gasteiger partial charge on any atom is 0.197 e. The lowest BCUT2D eigenvalue weighted by Gasteiger charge is -2.26. The Morgan fingerprint density at radius 3 is 2.67 bits per heavy atom. The minimum Gasteiger partial charge on any atom is -0.497 e. The van der Waals surface area contributed by atoms with E-state index in [1.165, 1.54) is 27.8 Å². The molecule has 0 radical (unpaired) electrons. The van der Waals surface area contributed by atoms with Gasteiger partial charge in [-0.3, -0.25) is 4.68 Å². The van der Waals surface area contributed by atoms with Crippen molar-refractivity contribution >= 4 is 22.1 Å². The SMILES string of the molecule is COc1ccc(OC)c(Nc2ccc3c(c2)-c2c(c4c(c5c(O)[nH]cc25)-c2cn(C)nc2CC4)C3C(C)C)c1. The maximum absolute atomic E-state index is 11.1. The molecule has 0 amide bonds. The molecule has 3 N–H and O–H groups in total. The fraction of sp³-hybridized carbons (Fsp3) is 0.281. The Morgan fingerprint density at radius 1 is 1.05 bits per heavy atom. The number of nitrogens with one attached hydrogen (secondary N) is 2. The van der Waals surface area contributed by atoms with Crippen molar-refractivity contribution in [3.63, 3.8) is 0 Å². The Kier molecular flexibility index (Phi) is 5.20. The van der Waals surface area contributed by atoms with Crippen LogP contribution in [-0.2, 0) is 19.9 Å². The molecule has 7 nitrogen and oxygen atoms in total. The van der Waals surface area contributed by atoms with Gasteiger partial charge < -0.3 is 24.9 Å². The normalized spacial score (nSPS) is 15.2. The van der Waals surface area contributed by atoms with Crippen LogP contribution < -0.4 is 14.8 Å². The first kappa shape index (κ1) is 23.7. The minimum absolute atomic E-state index is 0.214. The monoisotopic (exact) mass is 520 g/mol. The van der Waals surface area contributed by atoms with Crippen molar-refractivity contribution in [2.24, 2.45) is 13.0 Å². The maximum atomic E-state index is 11.1. The molecule has 0 aliphatic heterocycles. The quantitative estimate of drug-likeness (QED) is 0.235. The first-order valence-corrected chi connectivity index (χ1v) is 13.4. The summed E-state index contributed by atoms with van der Waals surface area (Å²) in [5.41, 5.74) is 11.7. The zero-order chi connectivity index (χ0) is 27.0. The van der Waals surface area contributed by atoms with E-state index in [2.05, 4.69) is 48.5 Å². The van der Waals surface area contributed by atoms with Gasteiger partial charge in [0.25, 0.3) is 0 Å². The van der Waals surface area contributed by atoms with Crippen molar-refractivity contribution < 1.29 is 14.6 Å². The first-order chi connectivity index (χ1) is 18.9. The molecular weight excluding hydrogens is 488 g/mol. The standard InChI is InChI=1S/C32H32N4O3/c1-16(2)27-19-8-6-17(34-25-13-18(38-4)7-11-26(25)39-5)12-21(19)29-22-14-33-32(37)31(22)28-20(30(27)29)9-10-24-23(28)15-36(3)35-24/h6-8,11-16,27,33-34,37H,9-10H2,1-5H3. The lowest BCUT2D eigenvalue weighted by Crippen LogP contribution is -2.12. The molecule has 7 heteroatoms. The number of aryl methyl sites for hydroxylation is 2. The zero-order valence-electron chi connectivity index (χ0n) is 22.8. The van der Waals surface area contributed by atoms with Crippen molar-refractivity contribution in [3.8, 4) is 39.6 Å². The van der Waals surface area contributed by atoms with Crippen molar-refractivity contribution in [3.05, 3.63) is 71.2 Å². The van der Waals surface area contributed by atoms with Gasteiger partial charge in [0.15, 0.2) is 5.88 Å². The number of fused-ring (bicyclic) bond motifs is 10. The van der Waals surface area contributed by atoms with Crippen LogP contribution in [0.15, 0.2) is 48.8 Å². The summed E-state index contributed by atoms with van der Waals surface area (Å²) in [5, 5.41) is 21.3. The molecule has 0 spiro atoms. The number of aromatic amines is 1. The van der Waals surface area contributed by atoms with Crippen LogP contribution in [0.2, 0.25) is 0 Å². The van der Waals surface area contributed by atoms with E-state index >= 15 is 0 Å². The van der Waals surface area contributed by atoms with Gasteiger partial charge in [-0.1, -0.05) is 19.9 Å². The van der Waals surface area contributed by atoms with Gasteiger partial charge in [0, 0.05) is 53.6 Å². The van der Waals surface area contributed by atoms with Crippen LogP contribution >= 0.6 is 0 Å². The third-order valence-corrected chi connectivity index (χ3v) is 8.38. The number of benzene rings is 3. The van der Waals surface area contributed by atoms with Crippen LogP contribution in [0.5, 0.6) is 17.4 Å². The van der Waals surface area contributed by atoms with Crippen molar-refractivity contribution in [1.82, 2.24) is 14.8 Å². The van der Waals surface area contributed by atoms with E-state index in [-0.39, 0.29) is 11.8 Å². The Balaban J connectivity index is 1.47. The van der Waals surface area contributed by atoms with Crippen LogP contribution in [-0.4, -0.2) is 34.1 Å². The number of rotatable bonds is 5. The van der Waals surface area contributed by atoms with Crippen LogP contribution in [0.25, 0.3) is 33.0 Å². The fourth-order valence-corrected chi connectivity index (χ4v) is 6.84. The lowest BCUT2D eigenvalue weighted by molar-refractivity contribution is 0.405. The number of ether oxygens (including phenoxy) is 2. The molecule has 198 valence electrons. The highest BCUT2D eigenvalue weighted by Crippen LogP contribution is 2.57. The van der Waals surface area contributed by atoms with Gasteiger partial charge in [-0.2, -0.15) is 5.10 Å². The molecule has 2 heterocycles. The summed E-state index contributed by atoms with van der Waals surface area (Å²) in [5.74, 6) is 2.40. The van der Waals surface area contributed by atoms with E-state index in [1.54, 1.807) is 14.2 Å². The van der Waals surface area contributed by atoms with Crippen LogP contribution in [0.4, 0.5) is 11.4 Å².